The lowest BCUT2D eigenvalue weighted by atomic mass is 10.2. The van der Waals surface area contributed by atoms with E-state index in [0.717, 1.165) is 31.6 Å². The maximum absolute atomic E-state index is 13.3. The molecule has 0 aromatic carbocycles. The van der Waals surface area contributed by atoms with Gasteiger partial charge in [0.05, 0.1) is 18.5 Å². The van der Waals surface area contributed by atoms with Crippen molar-refractivity contribution >= 4 is 0 Å². The Morgan fingerprint density at radius 2 is 2.31 bits per heavy atom. The zero-order chi connectivity index (χ0) is 11.5. The van der Waals surface area contributed by atoms with Crippen LogP contribution in [0.5, 0.6) is 0 Å². The van der Waals surface area contributed by atoms with Gasteiger partial charge in [0.1, 0.15) is 11.6 Å². The van der Waals surface area contributed by atoms with Crippen LogP contribution in [0.4, 0.5) is 8.78 Å². The molecule has 2 rings (SSSR count). The summed E-state index contributed by atoms with van der Waals surface area (Å²) in [5.41, 5.74) is 0.238. The van der Waals surface area contributed by atoms with E-state index >= 15 is 0 Å². The predicted molar refractivity (Wildman–Crippen MR) is 54.7 cm³/mol. The highest BCUT2D eigenvalue weighted by Gasteiger charge is 2.24. The first-order valence-corrected chi connectivity index (χ1v) is 5.35. The second kappa shape index (κ2) is 4.84. The molecule has 0 amide bonds. The second-order valence-electron chi connectivity index (χ2n) is 4.03. The van der Waals surface area contributed by atoms with Crippen molar-refractivity contribution in [3.05, 3.63) is 29.6 Å². The lowest BCUT2D eigenvalue weighted by Gasteiger charge is -2.22. The fourth-order valence-electron chi connectivity index (χ4n) is 2.06. The number of hydrogen-bond donors (Lipinski definition) is 1. The third-order valence-corrected chi connectivity index (χ3v) is 2.95. The first-order valence-electron chi connectivity index (χ1n) is 5.35. The van der Waals surface area contributed by atoms with Crippen molar-refractivity contribution in [2.75, 3.05) is 13.2 Å². The maximum Gasteiger partial charge on any atom is 0.148 e. The number of rotatable bonds is 3. The third kappa shape index (κ3) is 2.36. The summed E-state index contributed by atoms with van der Waals surface area (Å²) in [7, 11) is 0. The summed E-state index contributed by atoms with van der Waals surface area (Å²) in [6.45, 7) is 1.23. The Balaban J connectivity index is 2.08. The van der Waals surface area contributed by atoms with E-state index in [1.54, 1.807) is 0 Å². The molecule has 16 heavy (non-hydrogen) atoms. The molecule has 88 valence electrons. The Morgan fingerprint density at radius 1 is 1.50 bits per heavy atom. The molecule has 2 heterocycles. The first kappa shape index (κ1) is 11.4. The minimum atomic E-state index is -0.665. The van der Waals surface area contributed by atoms with Crippen LogP contribution < -0.4 is 0 Å². The highest BCUT2D eigenvalue weighted by molar-refractivity contribution is 5.09. The summed E-state index contributed by atoms with van der Waals surface area (Å²) in [6, 6.07) is 0.915. The lowest BCUT2D eigenvalue weighted by Crippen LogP contribution is -2.32. The van der Waals surface area contributed by atoms with Gasteiger partial charge in [-0.2, -0.15) is 0 Å². The third-order valence-electron chi connectivity index (χ3n) is 2.95. The number of pyridine rings is 1. The summed E-state index contributed by atoms with van der Waals surface area (Å²) < 4.78 is 26.0. The van der Waals surface area contributed by atoms with Gasteiger partial charge in [-0.1, -0.05) is 0 Å². The molecule has 0 saturated carbocycles. The minimum absolute atomic E-state index is 0.0722. The fourth-order valence-corrected chi connectivity index (χ4v) is 2.06. The van der Waals surface area contributed by atoms with Gasteiger partial charge in [-0.3, -0.25) is 9.88 Å². The monoisotopic (exact) mass is 228 g/mol. The molecule has 1 saturated heterocycles. The van der Waals surface area contributed by atoms with Gasteiger partial charge in [-0.05, 0) is 19.4 Å². The van der Waals surface area contributed by atoms with Gasteiger partial charge >= 0.3 is 0 Å². The molecule has 0 bridgehead atoms. The van der Waals surface area contributed by atoms with E-state index < -0.39 is 11.6 Å². The quantitative estimate of drug-likeness (QED) is 0.847. The smallest absolute Gasteiger partial charge is 0.148 e. The highest BCUT2D eigenvalue weighted by atomic mass is 19.1. The van der Waals surface area contributed by atoms with Gasteiger partial charge < -0.3 is 5.11 Å². The van der Waals surface area contributed by atoms with Gasteiger partial charge in [0.2, 0.25) is 0 Å². The van der Waals surface area contributed by atoms with E-state index in [1.807, 2.05) is 4.90 Å². The zero-order valence-corrected chi connectivity index (χ0v) is 8.87. The van der Waals surface area contributed by atoms with E-state index in [9.17, 15) is 8.78 Å². The van der Waals surface area contributed by atoms with Crippen LogP contribution in [-0.4, -0.2) is 34.2 Å². The molecule has 1 fully saturated rings. The zero-order valence-electron chi connectivity index (χ0n) is 8.87. The van der Waals surface area contributed by atoms with Crippen molar-refractivity contribution in [3.63, 3.8) is 0 Å². The van der Waals surface area contributed by atoms with Crippen LogP contribution >= 0.6 is 0 Å². The van der Waals surface area contributed by atoms with Crippen molar-refractivity contribution in [1.82, 2.24) is 9.88 Å². The number of nitrogens with zero attached hydrogens (tertiary/aromatic N) is 2. The van der Waals surface area contributed by atoms with E-state index in [1.165, 1.54) is 0 Å². The van der Waals surface area contributed by atoms with Crippen LogP contribution in [-0.2, 0) is 6.54 Å². The molecule has 0 spiro atoms. The van der Waals surface area contributed by atoms with E-state index in [-0.39, 0.29) is 18.3 Å². The maximum atomic E-state index is 13.3. The summed E-state index contributed by atoms with van der Waals surface area (Å²) in [5, 5.41) is 9.11. The summed E-state index contributed by atoms with van der Waals surface area (Å²) in [6.07, 6.45) is 2.93. The van der Waals surface area contributed by atoms with Crippen molar-refractivity contribution in [2.45, 2.75) is 25.4 Å². The second-order valence-corrected chi connectivity index (χ2v) is 4.03. The van der Waals surface area contributed by atoms with Crippen LogP contribution in [0.3, 0.4) is 0 Å². The predicted octanol–water partition coefficient (Wildman–Crippen LogP) is 1.32. The molecule has 1 atom stereocenters. The van der Waals surface area contributed by atoms with Crippen LogP contribution in [0.2, 0.25) is 0 Å². The average Bonchev–Trinajstić information content (AvgIpc) is 2.69. The molecular formula is C11H14F2N2O. The molecular weight excluding hydrogens is 214 g/mol. The Labute approximate surface area is 92.7 Å². The van der Waals surface area contributed by atoms with Crippen molar-refractivity contribution in [1.29, 1.82) is 0 Å². The Kier molecular flexibility index (Phi) is 3.46. The number of aromatic nitrogens is 1. The Bertz CT molecular complexity index is 373. The number of halogens is 2. The molecule has 1 N–H and O–H groups in total. The summed E-state index contributed by atoms with van der Waals surface area (Å²) in [5.74, 6) is -1.29. The van der Waals surface area contributed by atoms with Gasteiger partial charge in [0.25, 0.3) is 0 Å². The minimum Gasteiger partial charge on any atom is -0.395 e. The van der Waals surface area contributed by atoms with Crippen LogP contribution in [0.1, 0.15) is 18.5 Å². The van der Waals surface area contributed by atoms with Crippen molar-refractivity contribution in [3.8, 4) is 0 Å². The topological polar surface area (TPSA) is 36.4 Å². The van der Waals surface area contributed by atoms with Crippen molar-refractivity contribution < 1.29 is 13.9 Å². The number of aliphatic hydroxyl groups is 1. The molecule has 1 aliphatic rings. The number of aliphatic hydroxyl groups excluding tert-OH is 1. The number of likely N-dealkylation sites (tertiary alicyclic amines) is 1. The molecule has 1 aromatic rings. The van der Waals surface area contributed by atoms with Crippen LogP contribution in [0.25, 0.3) is 0 Å². The van der Waals surface area contributed by atoms with Crippen LogP contribution in [0.15, 0.2) is 12.3 Å². The summed E-state index contributed by atoms with van der Waals surface area (Å²) in [4.78, 5) is 5.71. The molecule has 1 aromatic heterocycles. The van der Waals surface area contributed by atoms with E-state index in [0.29, 0.717) is 6.54 Å². The van der Waals surface area contributed by atoms with Crippen LogP contribution in [0, 0.1) is 11.6 Å². The Hall–Kier alpha value is -1.07. The normalized spacial score (nSPS) is 21.6. The Morgan fingerprint density at radius 3 is 3.00 bits per heavy atom. The average molecular weight is 228 g/mol. The van der Waals surface area contributed by atoms with Gasteiger partial charge in [-0.25, -0.2) is 8.78 Å². The van der Waals surface area contributed by atoms with Gasteiger partial charge in [0.15, 0.2) is 0 Å². The standard InChI is InChI=1S/C11H14F2N2O/c12-8-4-10(13)11(14-5-8)6-15-3-1-2-9(15)7-16/h4-5,9,16H,1-3,6-7H2/t9-/m0/s1. The molecule has 0 unspecified atom stereocenters. The van der Waals surface area contributed by atoms with Gasteiger partial charge in [0, 0.05) is 18.7 Å². The van der Waals surface area contributed by atoms with Gasteiger partial charge in [-0.15, -0.1) is 0 Å². The largest absolute Gasteiger partial charge is 0.395 e. The first-order chi connectivity index (χ1) is 7.70. The lowest BCUT2D eigenvalue weighted by molar-refractivity contribution is 0.151. The summed E-state index contributed by atoms with van der Waals surface area (Å²) >= 11 is 0. The molecule has 3 nitrogen and oxygen atoms in total. The number of hydrogen-bond acceptors (Lipinski definition) is 3. The molecule has 1 aliphatic heterocycles. The molecule has 0 aliphatic carbocycles. The van der Waals surface area contributed by atoms with E-state index in [4.69, 9.17) is 5.11 Å². The van der Waals surface area contributed by atoms with E-state index in [2.05, 4.69) is 4.98 Å². The fraction of sp³-hybridized carbons (Fsp3) is 0.545. The molecule has 0 radical (unpaired) electrons. The van der Waals surface area contributed by atoms with Crippen molar-refractivity contribution in [2.24, 2.45) is 0 Å². The molecule has 5 heteroatoms. The SMILES string of the molecule is OC[C@@H]1CCCN1Cc1ncc(F)cc1F. The highest BCUT2D eigenvalue weighted by Crippen LogP contribution is 2.20.